The summed E-state index contributed by atoms with van der Waals surface area (Å²) in [6.07, 6.45) is 4.65. The van der Waals surface area contributed by atoms with Gasteiger partial charge in [-0.2, -0.15) is 0 Å². The number of rotatable bonds is 2. The van der Waals surface area contributed by atoms with Gasteiger partial charge in [-0.15, -0.1) is 0 Å². The van der Waals surface area contributed by atoms with Gasteiger partial charge in [-0.1, -0.05) is 25.1 Å². The first-order valence-electron chi connectivity index (χ1n) is 9.84. The average molecular weight is 355 g/mol. The molecule has 0 radical (unpaired) electrons. The van der Waals surface area contributed by atoms with Crippen LogP contribution in [0, 0.1) is 5.41 Å². The zero-order valence-electron chi connectivity index (χ0n) is 15.5. The van der Waals surface area contributed by atoms with Gasteiger partial charge in [-0.05, 0) is 30.9 Å². The van der Waals surface area contributed by atoms with Crippen molar-refractivity contribution in [3.63, 3.8) is 0 Å². The molecule has 0 amide bonds. The van der Waals surface area contributed by atoms with Crippen LogP contribution in [0.5, 0.6) is 0 Å². The molecule has 1 saturated heterocycles. The zero-order valence-corrected chi connectivity index (χ0v) is 15.5. The molecule has 3 aliphatic heterocycles. The van der Waals surface area contributed by atoms with Crippen molar-refractivity contribution in [2.45, 2.75) is 50.8 Å². The summed E-state index contributed by atoms with van der Waals surface area (Å²) in [6, 6.07) is 8.57. The number of carbonyl (C=O) groups excluding carboxylic acids is 1. The highest BCUT2D eigenvalue weighted by Gasteiger charge is 2.62. The maximum Gasteiger partial charge on any atom is 0.359 e. The first kappa shape index (κ1) is 16.3. The van der Waals surface area contributed by atoms with Crippen LogP contribution < -0.4 is 4.90 Å². The maximum atomic E-state index is 12.8. The van der Waals surface area contributed by atoms with Crippen molar-refractivity contribution >= 4 is 16.9 Å². The smallest absolute Gasteiger partial charge is 0.359 e. The van der Waals surface area contributed by atoms with Gasteiger partial charge in [0.1, 0.15) is 6.04 Å². The number of nitrogens with one attached hydrogen (secondary N) is 1. The van der Waals surface area contributed by atoms with Crippen LogP contribution in [-0.4, -0.2) is 35.8 Å². The number of quaternary nitrogens is 1. The van der Waals surface area contributed by atoms with Gasteiger partial charge in [-0.25, -0.2) is 4.79 Å². The summed E-state index contributed by atoms with van der Waals surface area (Å²) in [5, 5.41) is 12.9. The van der Waals surface area contributed by atoms with Crippen molar-refractivity contribution in [3.8, 4) is 0 Å². The first-order chi connectivity index (χ1) is 12.6. The van der Waals surface area contributed by atoms with Crippen LogP contribution in [0.15, 0.2) is 24.3 Å². The third kappa shape index (κ3) is 1.80. The highest BCUT2D eigenvalue weighted by molar-refractivity contribution is 5.89. The number of fused-ring (bicyclic) bond motifs is 3. The van der Waals surface area contributed by atoms with Crippen molar-refractivity contribution in [3.05, 3.63) is 35.5 Å². The molecule has 5 nitrogen and oxygen atoms in total. The third-order valence-corrected chi connectivity index (χ3v) is 7.37. The Bertz CT molecular complexity index is 904. The molecular weight excluding hydrogens is 328 g/mol. The van der Waals surface area contributed by atoms with Crippen molar-refractivity contribution < 1.29 is 19.5 Å². The van der Waals surface area contributed by atoms with E-state index in [1.54, 1.807) is 4.90 Å². The van der Waals surface area contributed by atoms with Gasteiger partial charge < -0.3 is 19.3 Å². The van der Waals surface area contributed by atoms with Gasteiger partial charge in [0.2, 0.25) is 5.72 Å². The zero-order chi connectivity index (χ0) is 18.1. The molecule has 5 heteroatoms. The van der Waals surface area contributed by atoms with E-state index in [1.807, 2.05) is 16.7 Å². The Balaban J connectivity index is 1.89. The number of para-hydroxylation sites is 1. The van der Waals surface area contributed by atoms with Gasteiger partial charge in [0, 0.05) is 23.6 Å². The average Bonchev–Trinajstić information content (AvgIpc) is 3.02. The molecule has 1 aromatic heterocycles. The van der Waals surface area contributed by atoms with E-state index in [0.29, 0.717) is 12.5 Å². The number of methoxy groups -OCH3 is 1. The second-order valence-electron chi connectivity index (χ2n) is 8.36. The van der Waals surface area contributed by atoms with Crippen LogP contribution in [0.4, 0.5) is 0 Å². The van der Waals surface area contributed by atoms with E-state index in [9.17, 15) is 9.90 Å². The lowest BCUT2D eigenvalue weighted by Crippen LogP contribution is -3.16. The van der Waals surface area contributed by atoms with E-state index in [2.05, 4.69) is 19.1 Å². The van der Waals surface area contributed by atoms with Crippen LogP contribution in [0.25, 0.3) is 10.9 Å². The molecule has 2 N–H and O–H groups in total. The predicted molar refractivity (Wildman–Crippen MR) is 97.9 cm³/mol. The van der Waals surface area contributed by atoms with Gasteiger partial charge in [0.15, 0.2) is 0 Å². The fraction of sp³-hybridized carbons (Fsp3) is 0.571. The van der Waals surface area contributed by atoms with E-state index in [0.717, 1.165) is 37.7 Å². The molecule has 138 valence electrons. The van der Waals surface area contributed by atoms with Crippen molar-refractivity contribution in [2.75, 3.05) is 20.2 Å². The lowest BCUT2D eigenvalue weighted by molar-refractivity contribution is -0.950. The second kappa shape index (κ2) is 5.33. The second-order valence-corrected chi connectivity index (χ2v) is 8.36. The molecule has 26 heavy (non-hydrogen) atoms. The van der Waals surface area contributed by atoms with Gasteiger partial charge >= 0.3 is 5.97 Å². The molecule has 1 fully saturated rings. The fourth-order valence-corrected chi connectivity index (χ4v) is 6.31. The predicted octanol–water partition coefficient (Wildman–Crippen LogP) is 1.54. The van der Waals surface area contributed by atoms with Crippen molar-refractivity contribution in [2.24, 2.45) is 5.41 Å². The number of hydrogen-bond acceptors (Lipinski definition) is 3. The van der Waals surface area contributed by atoms with E-state index < -0.39 is 11.7 Å². The molecule has 0 saturated carbocycles. The maximum absolute atomic E-state index is 12.8. The van der Waals surface area contributed by atoms with Crippen molar-refractivity contribution in [1.29, 1.82) is 0 Å². The quantitative estimate of drug-likeness (QED) is 0.804. The van der Waals surface area contributed by atoms with Crippen LogP contribution in [0.3, 0.4) is 0 Å². The molecule has 0 spiro atoms. The van der Waals surface area contributed by atoms with Gasteiger partial charge in [0.25, 0.3) is 0 Å². The summed E-state index contributed by atoms with van der Waals surface area (Å²) in [5.41, 5.74) is 1.82. The normalized spacial score (nSPS) is 35.2. The fourth-order valence-electron chi connectivity index (χ4n) is 6.31. The summed E-state index contributed by atoms with van der Waals surface area (Å²) < 4.78 is 7.04. The molecule has 0 aliphatic carbocycles. The van der Waals surface area contributed by atoms with Gasteiger partial charge in [-0.3, -0.25) is 0 Å². The Labute approximate surface area is 153 Å². The van der Waals surface area contributed by atoms with E-state index in [4.69, 9.17) is 4.74 Å². The SMILES string of the molecule is CC[C@@]12CCC[NH+]3CCc4c(n(c5ccccc45)[C@](O)(C(=O)OC)C1)[C@H]32. The van der Waals surface area contributed by atoms with Crippen LogP contribution >= 0.6 is 0 Å². The Morgan fingerprint density at radius 1 is 1.38 bits per heavy atom. The number of aromatic nitrogens is 1. The number of benzene rings is 1. The number of nitrogens with zero attached hydrogens (tertiary/aromatic N) is 1. The molecule has 5 rings (SSSR count). The number of hydrogen-bond donors (Lipinski definition) is 2. The minimum Gasteiger partial charge on any atom is -0.465 e. The Hall–Kier alpha value is -1.85. The standard InChI is InChI=1S/C21H26N2O3/c1-3-20-10-6-11-22-12-9-15-14-7-4-5-8-16(14)23(17(15)18(20)22)21(25,13-20)19(24)26-2/h4-5,7-8,18,25H,3,6,9-13H2,1-2H3/p+1/t18-,20+,21+/m0/s1. The van der Waals surface area contributed by atoms with Gasteiger partial charge in [0.05, 0.1) is 31.4 Å². The summed E-state index contributed by atoms with van der Waals surface area (Å²) in [5.74, 6) is -0.537. The van der Waals surface area contributed by atoms with Crippen LogP contribution in [-0.2, 0) is 21.7 Å². The lowest BCUT2D eigenvalue weighted by Gasteiger charge is -2.55. The highest BCUT2D eigenvalue weighted by atomic mass is 16.5. The first-order valence-corrected chi connectivity index (χ1v) is 9.84. The monoisotopic (exact) mass is 355 g/mol. The van der Waals surface area contributed by atoms with Crippen molar-refractivity contribution in [1.82, 2.24) is 4.57 Å². The van der Waals surface area contributed by atoms with Crippen LogP contribution in [0.1, 0.15) is 49.9 Å². The topological polar surface area (TPSA) is 55.9 Å². The minimum absolute atomic E-state index is 0.0456. The van der Waals surface area contributed by atoms with E-state index >= 15 is 0 Å². The summed E-state index contributed by atoms with van der Waals surface area (Å²) >= 11 is 0. The lowest BCUT2D eigenvalue weighted by atomic mass is 9.62. The Kier molecular flexibility index (Phi) is 3.35. The van der Waals surface area contributed by atoms with Crippen LogP contribution in [0.2, 0.25) is 0 Å². The number of carbonyl (C=O) groups is 1. The molecular formula is C21H27N2O3+. The number of piperidine rings is 1. The minimum atomic E-state index is -1.62. The Morgan fingerprint density at radius 2 is 2.19 bits per heavy atom. The summed E-state index contributed by atoms with van der Waals surface area (Å²) in [6.45, 7) is 4.54. The van der Waals surface area contributed by atoms with E-state index in [1.165, 1.54) is 30.3 Å². The number of aliphatic hydroxyl groups is 1. The Morgan fingerprint density at radius 3 is 2.96 bits per heavy atom. The van der Waals surface area contributed by atoms with E-state index in [-0.39, 0.29) is 5.41 Å². The summed E-state index contributed by atoms with van der Waals surface area (Å²) in [4.78, 5) is 14.5. The molecule has 4 atom stereocenters. The third-order valence-electron chi connectivity index (χ3n) is 7.37. The highest BCUT2D eigenvalue weighted by Crippen LogP contribution is 2.56. The molecule has 1 unspecified atom stereocenters. The number of esters is 1. The molecule has 3 aliphatic rings. The molecule has 4 heterocycles. The number of ether oxygens (including phenoxy) is 1. The molecule has 2 aromatic rings. The molecule has 0 bridgehead atoms. The molecule has 1 aromatic carbocycles. The largest absolute Gasteiger partial charge is 0.465 e. The summed E-state index contributed by atoms with van der Waals surface area (Å²) in [7, 11) is 1.38.